The summed E-state index contributed by atoms with van der Waals surface area (Å²) in [4.78, 5) is 11.5. The van der Waals surface area contributed by atoms with Gasteiger partial charge in [-0.3, -0.25) is 0 Å². The molecular weight excluding hydrogens is 238 g/mol. The number of carboxylic acid groups (broad SMARTS) is 1. The molecule has 1 atom stereocenters. The zero-order valence-electron chi connectivity index (χ0n) is 11.3. The smallest absolute Gasteiger partial charge is 0.326 e. The predicted octanol–water partition coefficient (Wildman–Crippen LogP) is 3.36. The Hall–Kier alpha value is -2.03. The highest BCUT2D eigenvalue weighted by Crippen LogP contribution is 2.21. The van der Waals surface area contributed by atoms with E-state index in [1.165, 1.54) is 5.56 Å². The van der Waals surface area contributed by atoms with Gasteiger partial charge >= 0.3 is 5.97 Å². The van der Waals surface area contributed by atoms with Crippen LogP contribution in [0.5, 0.6) is 0 Å². The Labute approximate surface area is 113 Å². The second kappa shape index (κ2) is 5.74. The number of carbonyl (C=O) groups is 1. The molecule has 1 aromatic heterocycles. The largest absolute Gasteiger partial charge is 0.480 e. The van der Waals surface area contributed by atoms with E-state index in [1.807, 2.05) is 60.9 Å². The molecule has 2 aromatic rings. The lowest BCUT2D eigenvalue weighted by molar-refractivity contribution is -0.141. The first-order valence-corrected chi connectivity index (χ1v) is 6.50. The van der Waals surface area contributed by atoms with E-state index in [0.717, 1.165) is 17.8 Å². The molecule has 0 saturated heterocycles. The van der Waals surface area contributed by atoms with Crippen molar-refractivity contribution in [1.82, 2.24) is 4.57 Å². The lowest BCUT2D eigenvalue weighted by Gasteiger charge is -2.18. The van der Waals surface area contributed by atoms with Crippen LogP contribution in [0, 0.1) is 13.8 Å². The van der Waals surface area contributed by atoms with Crippen molar-refractivity contribution in [3.8, 4) is 0 Å². The molecule has 2 rings (SSSR count). The second-order valence-electron chi connectivity index (χ2n) is 4.86. The van der Waals surface area contributed by atoms with Gasteiger partial charge in [0.05, 0.1) is 0 Å². The monoisotopic (exact) mass is 257 g/mol. The molecule has 0 saturated carbocycles. The summed E-state index contributed by atoms with van der Waals surface area (Å²) in [5.74, 6) is -0.765. The van der Waals surface area contributed by atoms with Crippen LogP contribution in [0.15, 0.2) is 42.5 Å². The van der Waals surface area contributed by atoms with E-state index < -0.39 is 12.0 Å². The fraction of sp³-hybridized carbons (Fsp3) is 0.312. The first-order chi connectivity index (χ1) is 9.09. The van der Waals surface area contributed by atoms with E-state index in [4.69, 9.17) is 0 Å². The number of rotatable bonds is 5. The van der Waals surface area contributed by atoms with Crippen LogP contribution in [0.1, 0.15) is 29.4 Å². The SMILES string of the molecule is Cc1ccc(C)n1C(CCc1ccccc1)C(=O)O. The molecule has 0 aliphatic heterocycles. The summed E-state index contributed by atoms with van der Waals surface area (Å²) in [5, 5.41) is 9.45. The van der Waals surface area contributed by atoms with Crippen molar-refractivity contribution in [3.05, 3.63) is 59.4 Å². The van der Waals surface area contributed by atoms with E-state index in [9.17, 15) is 9.90 Å². The third-order valence-corrected chi connectivity index (χ3v) is 3.47. The predicted molar refractivity (Wildman–Crippen MR) is 75.3 cm³/mol. The number of aliphatic carboxylic acids is 1. The maximum atomic E-state index is 11.5. The van der Waals surface area contributed by atoms with Crippen LogP contribution in [-0.4, -0.2) is 15.6 Å². The average molecular weight is 257 g/mol. The molecule has 0 spiro atoms. The molecule has 0 amide bonds. The Balaban J connectivity index is 2.16. The van der Waals surface area contributed by atoms with Gasteiger partial charge in [0, 0.05) is 11.4 Å². The Kier molecular flexibility index (Phi) is 4.05. The third-order valence-electron chi connectivity index (χ3n) is 3.47. The highest BCUT2D eigenvalue weighted by atomic mass is 16.4. The van der Waals surface area contributed by atoms with E-state index in [1.54, 1.807) is 0 Å². The summed E-state index contributed by atoms with van der Waals surface area (Å²) >= 11 is 0. The minimum atomic E-state index is -0.765. The van der Waals surface area contributed by atoms with Crippen LogP contribution in [0.25, 0.3) is 0 Å². The van der Waals surface area contributed by atoms with Crippen LogP contribution in [0.4, 0.5) is 0 Å². The van der Waals surface area contributed by atoms with Gasteiger partial charge in [-0.25, -0.2) is 4.79 Å². The number of carboxylic acids is 1. The zero-order valence-corrected chi connectivity index (χ0v) is 11.3. The van der Waals surface area contributed by atoms with Crippen LogP contribution < -0.4 is 0 Å². The molecule has 0 aliphatic rings. The summed E-state index contributed by atoms with van der Waals surface area (Å²) in [6.07, 6.45) is 1.38. The maximum Gasteiger partial charge on any atom is 0.326 e. The molecule has 0 fully saturated rings. The standard InChI is InChI=1S/C16H19NO2/c1-12-8-9-13(2)17(12)15(16(18)19)11-10-14-6-4-3-5-7-14/h3-9,15H,10-11H2,1-2H3,(H,18,19). The number of aryl methyl sites for hydroxylation is 3. The molecule has 0 bridgehead atoms. The molecule has 1 heterocycles. The van der Waals surface area contributed by atoms with Gasteiger partial charge in [0.1, 0.15) is 6.04 Å². The van der Waals surface area contributed by atoms with Crippen molar-refractivity contribution < 1.29 is 9.90 Å². The first-order valence-electron chi connectivity index (χ1n) is 6.50. The summed E-state index contributed by atoms with van der Waals surface area (Å²) in [6.45, 7) is 3.90. The highest BCUT2D eigenvalue weighted by Gasteiger charge is 2.21. The fourth-order valence-electron chi connectivity index (χ4n) is 2.48. The van der Waals surface area contributed by atoms with E-state index in [2.05, 4.69) is 0 Å². The highest BCUT2D eigenvalue weighted by molar-refractivity contribution is 5.72. The quantitative estimate of drug-likeness (QED) is 0.892. The van der Waals surface area contributed by atoms with Crippen molar-refractivity contribution in [2.24, 2.45) is 0 Å². The molecule has 0 radical (unpaired) electrons. The van der Waals surface area contributed by atoms with Crippen LogP contribution in [0.2, 0.25) is 0 Å². The molecule has 1 N–H and O–H groups in total. The van der Waals surface area contributed by atoms with Crippen molar-refractivity contribution in [2.75, 3.05) is 0 Å². The van der Waals surface area contributed by atoms with Crippen LogP contribution in [-0.2, 0) is 11.2 Å². The minimum absolute atomic E-state index is 0.491. The number of hydrogen-bond acceptors (Lipinski definition) is 1. The summed E-state index contributed by atoms with van der Waals surface area (Å²) < 4.78 is 1.91. The Morgan fingerprint density at radius 2 is 1.68 bits per heavy atom. The molecule has 19 heavy (non-hydrogen) atoms. The number of nitrogens with zero attached hydrogens (tertiary/aromatic N) is 1. The van der Waals surface area contributed by atoms with Crippen molar-refractivity contribution in [1.29, 1.82) is 0 Å². The zero-order chi connectivity index (χ0) is 13.8. The Morgan fingerprint density at radius 1 is 1.11 bits per heavy atom. The van der Waals surface area contributed by atoms with Gasteiger partial charge in [-0.05, 0) is 44.4 Å². The molecule has 1 aromatic carbocycles. The second-order valence-corrected chi connectivity index (χ2v) is 4.86. The Bertz CT molecular complexity index is 538. The average Bonchev–Trinajstić information content (AvgIpc) is 2.72. The van der Waals surface area contributed by atoms with Crippen molar-refractivity contribution in [2.45, 2.75) is 32.7 Å². The number of hydrogen-bond donors (Lipinski definition) is 1. The van der Waals surface area contributed by atoms with Crippen molar-refractivity contribution in [3.63, 3.8) is 0 Å². The van der Waals surface area contributed by atoms with Gasteiger partial charge in [0.25, 0.3) is 0 Å². The lowest BCUT2D eigenvalue weighted by atomic mass is 10.0. The van der Waals surface area contributed by atoms with Gasteiger partial charge < -0.3 is 9.67 Å². The molecular formula is C16H19NO2. The number of benzene rings is 1. The van der Waals surface area contributed by atoms with Crippen molar-refractivity contribution >= 4 is 5.97 Å². The summed E-state index contributed by atoms with van der Waals surface area (Å²) in [6, 6.07) is 13.5. The van der Waals surface area contributed by atoms with Gasteiger partial charge in [-0.1, -0.05) is 30.3 Å². The third kappa shape index (κ3) is 3.05. The minimum Gasteiger partial charge on any atom is -0.480 e. The van der Waals surface area contributed by atoms with Gasteiger partial charge in [-0.2, -0.15) is 0 Å². The molecule has 3 nitrogen and oxygen atoms in total. The van der Waals surface area contributed by atoms with E-state index in [0.29, 0.717) is 6.42 Å². The molecule has 1 unspecified atom stereocenters. The topological polar surface area (TPSA) is 42.2 Å². The summed E-state index contributed by atoms with van der Waals surface area (Å²) in [5.41, 5.74) is 3.17. The van der Waals surface area contributed by atoms with E-state index >= 15 is 0 Å². The fourth-order valence-corrected chi connectivity index (χ4v) is 2.48. The number of aromatic nitrogens is 1. The van der Waals surface area contributed by atoms with Crippen LogP contribution in [0.3, 0.4) is 0 Å². The van der Waals surface area contributed by atoms with Gasteiger partial charge in [0.15, 0.2) is 0 Å². The maximum absolute atomic E-state index is 11.5. The normalized spacial score (nSPS) is 12.3. The van der Waals surface area contributed by atoms with Crippen LogP contribution >= 0.6 is 0 Å². The first kappa shape index (κ1) is 13.4. The summed E-state index contributed by atoms with van der Waals surface area (Å²) in [7, 11) is 0. The molecule has 3 heteroatoms. The van der Waals surface area contributed by atoms with Gasteiger partial charge in [-0.15, -0.1) is 0 Å². The van der Waals surface area contributed by atoms with E-state index in [-0.39, 0.29) is 0 Å². The molecule has 100 valence electrons. The Morgan fingerprint density at radius 3 is 2.21 bits per heavy atom. The molecule has 0 aliphatic carbocycles. The van der Waals surface area contributed by atoms with Gasteiger partial charge in [0.2, 0.25) is 0 Å². The lowest BCUT2D eigenvalue weighted by Crippen LogP contribution is -2.21.